The van der Waals surface area contributed by atoms with Crippen molar-refractivity contribution in [1.29, 1.82) is 0 Å². The molecule has 0 N–H and O–H groups in total. The number of methoxy groups -OCH3 is 2. The number of benzene rings is 2. The fourth-order valence-corrected chi connectivity index (χ4v) is 2.25. The molecular formula is C18H18O4. The Kier molecular flexibility index (Phi) is 5.31. The van der Waals surface area contributed by atoms with Crippen LogP contribution in [0.25, 0.3) is 0 Å². The van der Waals surface area contributed by atoms with E-state index in [9.17, 15) is 9.59 Å². The fraction of sp³-hybridized carbons (Fsp3) is 0.222. The summed E-state index contributed by atoms with van der Waals surface area (Å²) in [4.78, 5) is 24.4. The van der Waals surface area contributed by atoms with E-state index in [2.05, 4.69) is 0 Å². The molecule has 0 amide bonds. The Labute approximate surface area is 129 Å². The number of rotatable bonds is 6. The van der Waals surface area contributed by atoms with E-state index in [0.717, 1.165) is 5.56 Å². The van der Waals surface area contributed by atoms with E-state index in [4.69, 9.17) is 9.47 Å². The molecule has 2 aromatic carbocycles. The van der Waals surface area contributed by atoms with E-state index in [0.29, 0.717) is 11.3 Å². The highest BCUT2D eigenvalue weighted by Gasteiger charge is 2.25. The van der Waals surface area contributed by atoms with E-state index in [1.807, 2.05) is 30.3 Å². The first-order valence-electron chi connectivity index (χ1n) is 6.95. The largest absolute Gasteiger partial charge is 0.497 e. The molecule has 4 heteroatoms. The van der Waals surface area contributed by atoms with Crippen LogP contribution in [0.15, 0.2) is 54.6 Å². The highest BCUT2D eigenvalue weighted by molar-refractivity contribution is 6.02. The van der Waals surface area contributed by atoms with Gasteiger partial charge in [0.15, 0.2) is 5.78 Å². The van der Waals surface area contributed by atoms with E-state index >= 15 is 0 Å². The number of ketones is 1. The van der Waals surface area contributed by atoms with Crippen LogP contribution < -0.4 is 4.74 Å². The maximum atomic E-state index is 12.7. The first-order chi connectivity index (χ1) is 10.7. The van der Waals surface area contributed by atoms with Gasteiger partial charge in [-0.25, -0.2) is 0 Å². The van der Waals surface area contributed by atoms with E-state index in [1.165, 1.54) is 7.11 Å². The number of Topliss-reactive ketones (excluding diaryl/α,β-unsaturated/α-hetero) is 1. The molecule has 0 fully saturated rings. The third kappa shape index (κ3) is 3.73. The van der Waals surface area contributed by atoms with Crippen LogP contribution in [0.5, 0.6) is 5.75 Å². The summed E-state index contributed by atoms with van der Waals surface area (Å²) >= 11 is 0. The Morgan fingerprint density at radius 2 is 1.59 bits per heavy atom. The molecule has 0 aliphatic heterocycles. The molecule has 0 aliphatic carbocycles. The summed E-state index contributed by atoms with van der Waals surface area (Å²) in [6.07, 6.45) is 0.0192. The molecule has 0 saturated carbocycles. The zero-order valence-corrected chi connectivity index (χ0v) is 12.6. The van der Waals surface area contributed by atoms with Crippen molar-refractivity contribution in [2.24, 2.45) is 0 Å². The summed E-state index contributed by atoms with van der Waals surface area (Å²) in [5.41, 5.74) is 1.34. The number of ether oxygens (including phenoxy) is 2. The standard InChI is InChI=1S/C18H18O4/c1-21-15-10-8-14(9-11-15)18(20)16(12-17(19)22-2)13-6-4-3-5-7-13/h3-11,16H,12H2,1-2H3. The minimum atomic E-state index is -0.554. The van der Waals surface area contributed by atoms with Gasteiger partial charge in [0.05, 0.1) is 26.6 Å². The van der Waals surface area contributed by atoms with Gasteiger partial charge in [0, 0.05) is 5.56 Å². The molecular weight excluding hydrogens is 280 g/mol. The van der Waals surface area contributed by atoms with Crippen molar-refractivity contribution in [3.8, 4) is 5.75 Å². The van der Waals surface area contributed by atoms with Crippen LogP contribution in [-0.2, 0) is 9.53 Å². The highest BCUT2D eigenvalue weighted by Crippen LogP contribution is 2.25. The number of carbonyl (C=O) groups is 2. The molecule has 1 atom stereocenters. The van der Waals surface area contributed by atoms with E-state index in [-0.39, 0.29) is 12.2 Å². The number of esters is 1. The molecule has 2 aromatic rings. The molecule has 22 heavy (non-hydrogen) atoms. The van der Waals surface area contributed by atoms with Crippen LogP contribution >= 0.6 is 0 Å². The van der Waals surface area contributed by atoms with Gasteiger partial charge in [-0.15, -0.1) is 0 Å². The van der Waals surface area contributed by atoms with E-state index < -0.39 is 11.9 Å². The average molecular weight is 298 g/mol. The molecule has 0 bridgehead atoms. The topological polar surface area (TPSA) is 52.6 Å². The molecule has 0 radical (unpaired) electrons. The fourth-order valence-electron chi connectivity index (χ4n) is 2.25. The Bertz CT molecular complexity index is 632. The van der Waals surface area contributed by atoms with Crippen LogP contribution in [0.3, 0.4) is 0 Å². The van der Waals surface area contributed by atoms with Crippen LogP contribution in [0.2, 0.25) is 0 Å². The summed E-state index contributed by atoms with van der Waals surface area (Å²) in [6.45, 7) is 0. The van der Waals surface area contributed by atoms with Gasteiger partial charge < -0.3 is 9.47 Å². The quantitative estimate of drug-likeness (QED) is 0.607. The summed E-state index contributed by atoms with van der Waals surface area (Å²) in [5.74, 6) is -0.391. The normalized spacial score (nSPS) is 11.5. The average Bonchev–Trinajstić information content (AvgIpc) is 2.59. The Hall–Kier alpha value is -2.62. The second-order valence-electron chi connectivity index (χ2n) is 4.84. The maximum Gasteiger partial charge on any atom is 0.306 e. The van der Waals surface area contributed by atoms with Crippen molar-refractivity contribution >= 4 is 11.8 Å². The van der Waals surface area contributed by atoms with Crippen LogP contribution in [0.4, 0.5) is 0 Å². The highest BCUT2D eigenvalue weighted by atomic mass is 16.5. The van der Waals surface area contributed by atoms with Gasteiger partial charge in [0.25, 0.3) is 0 Å². The molecule has 1 unspecified atom stereocenters. The van der Waals surface area contributed by atoms with E-state index in [1.54, 1.807) is 31.4 Å². The number of hydrogen-bond donors (Lipinski definition) is 0. The van der Waals surface area contributed by atoms with Crippen LogP contribution in [-0.4, -0.2) is 26.0 Å². The first kappa shape index (κ1) is 15.8. The van der Waals surface area contributed by atoms with Crippen molar-refractivity contribution in [3.63, 3.8) is 0 Å². The predicted molar refractivity (Wildman–Crippen MR) is 83.1 cm³/mol. The van der Waals surface area contributed by atoms with Crippen molar-refractivity contribution in [1.82, 2.24) is 0 Å². The lowest BCUT2D eigenvalue weighted by molar-refractivity contribution is -0.140. The predicted octanol–water partition coefficient (Wildman–Crippen LogP) is 3.22. The Morgan fingerprint density at radius 3 is 2.14 bits per heavy atom. The summed E-state index contributed by atoms with van der Waals surface area (Å²) in [7, 11) is 2.89. The maximum absolute atomic E-state index is 12.7. The van der Waals surface area contributed by atoms with Crippen molar-refractivity contribution in [2.75, 3.05) is 14.2 Å². The van der Waals surface area contributed by atoms with Crippen molar-refractivity contribution in [2.45, 2.75) is 12.3 Å². The molecule has 2 rings (SSSR count). The zero-order chi connectivity index (χ0) is 15.9. The number of carbonyl (C=O) groups excluding carboxylic acids is 2. The van der Waals surface area contributed by atoms with Gasteiger partial charge in [-0.05, 0) is 29.8 Å². The molecule has 114 valence electrons. The van der Waals surface area contributed by atoms with Crippen LogP contribution in [0.1, 0.15) is 28.3 Å². The smallest absolute Gasteiger partial charge is 0.306 e. The Morgan fingerprint density at radius 1 is 0.955 bits per heavy atom. The lowest BCUT2D eigenvalue weighted by atomic mass is 9.88. The van der Waals surface area contributed by atoms with Gasteiger partial charge in [-0.1, -0.05) is 30.3 Å². The molecule has 0 aliphatic rings. The number of hydrogen-bond acceptors (Lipinski definition) is 4. The molecule has 0 heterocycles. The lowest BCUT2D eigenvalue weighted by Crippen LogP contribution is -2.18. The molecule has 0 spiro atoms. The molecule has 4 nitrogen and oxygen atoms in total. The van der Waals surface area contributed by atoms with Gasteiger partial charge >= 0.3 is 5.97 Å². The second-order valence-corrected chi connectivity index (χ2v) is 4.84. The van der Waals surface area contributed by atoms with Crippen molar-refractivity contribution < 1.29 is 19.1 Å². The zero-order valence-electron chi connectivity index (χ0n) is 12.6. The minimum Gasteiger partial charge on any atom is -0.497 e. The van der Waals surface area contributed by atoms with Crippen LogP contribution in [0, 0.1) is 0 Å². The summed E-state index contributed by atoms with van der Waals surface area (Å²) < 4.78 is 9.80. The summed E-state index contributed by atoms with van der Waals surface area (Å²) in [6, 6.07) is 16.1. The lowest BCUT2D eigenvalue weighted by Gasteiger charge is -2.15. The molecule has 0 saturated heterocycles. The molecule has 0 aromatic heterocycles. The Balaban J connectivity index is 2.30. The minimum absolute atomic E-state index is 0.0192. The third-order valence-corrected chi connectivity index (χ3v) is 3.49. The van der Waals surface area contributed by atoms with Gasteiger partial charge in [-0.3, -0.25) is 9.59 Å². The van der Waals surface area contributed by atoms with Gasteiger partial charge in [0.1, 0.15) is 5.75 Å². The monoisotopic (exact) mass is 298 g/mol. The summed E-state index contributed by atoms with van der Waals surface area (Å²) in [5, 5.41) is 0. The first-order valence-corrected chi connectivity index (χ1v) is 6.95. The second kappa shape index (κ2) is 7.41. The van der Waals surface area contributed by atoms with Gasteiger partial charge in [0.2, 0.25) is 0 Å². The van der Waals surface area contributed by atoms with Crippen molar-refractivity contribution in [3.05, 3.63) is 65.7 Å². The SMILES string of the molecule is COC(=O)CC(C(=O)c1ccc(OC)cc1)c1ccccc1. The third-order valence-electron chi connectivity index (χ3n) is 3.49. The van der Waals surface area contributed by atoms with Gasteiger partial charge in [-0.2, -0.15) is 0 Å².